The summed E-state index contributed by atoms with van der Waals surface area (Å²) in [7, 11) is 1.80. The van der Waals surface area contributed by atoms with Crippen molar-refractivity contribution in [3.63, 3.8) is 0 Å². The number of anilines is 1. The maximum atomic E-state index is 12.4. The minimum atomic E-state index is -0.234. The molecule has 1 aromatic heterocycles. The van der Waals surface area contributed by atoms with Gasteiger partial charge in [-0.2, -0.15) is 0 Å². The van der Waals surface area contributed by atoms with Crippen molar-refractivity contribution in [2.75, 3.05) is 25.5 Å². The first-order chi connectivity index (χ1) is 9.69. The third-order valence-corrected chi connectivity index (χ3v) is 3.95. The van der Waals surface area contributed by atoms with Crippen molar-refractivity contribution in [1.29, 1.82) is 0 Å². The summed E-state index contributed by atoms with van der Waals surface area (Å²) in [5.74, 6) is 0.903. The molecule has 3 heterocycles. The average Bonchev–Trinajstić information content (AvgIpc) is 2.95. The smallest absolute Gasteiger partial charge is 0.246 e. The number of piperazine rings is 1. The number of aromatic nitrogens is 1. The van der Waals surface area contributed by atoms with Gasteiger partial charge in [0.15, 0.2) is 0 Å². The summed E-state index contributed by atoms with van der Waals surface area (Å²) in [5.41, 5.74) is 0.983. The van der Waals surface area contributed by atoms with Crippen LogP contribution >= 0.6 is 0 Å². The molecule has 1 aromatic rings. The van der Waals surface area contributed by atoms with E-state index >= 15 is 0 Å². The molecule has 0 spiro atoms. The zero-order chi connectivity index (χ0) is 14.1. The van der Waals surface area contributed by atoms with Crippen LogP contribution in [0.1, 0.15) is 18.4 Å². The van der Waals surface area contributed by atoms with Crippen LogP contribution in [0.3, 0.4) is 0 Å². The number of amides is 2. The van der Waals surface area contributed by atoms with Gasteiger partial charge in [0.2, 0.25) is 11.8 Å². The maximum absolute atomic E-state index is 12.4. The molecule has 6 nitrogen and oxygen atoms in total. The van der Waals surface area contributed by atoms with Crippen molar-refractivity contribution < 1.29 is 9.59 Å². The van der Waals surface area contributed by atoms with E-state index in [1.807, 2.05) is 12.1 Å². The van der Waals surface area contributed by atoms with E-state index in [0.717, 1.165) is 30.8 Å². The lowest BCUT2D eigenvalue weighted by atomic mass is 10.1. The molecule has 20 heavy (non-hydrogen) atoms. The molecule has 2 aliphatic heterocycles. The zero-order valence-corrected chi connectivity index (χ0v) is 11.5. The van der Waals surface area contributed by atoms with Gasteiger partial charge in [0.1, 0.15) is 18.4 Å². The highest BCUT2D eigenvalue weighted by Crippen LogP contribution is 2.24. The van der Waals surface area contributed by atoms with Gasteiger partial charge in [-0.15, -0.1) is 0 Å². The monoisotopic (exact) mass is 274 g/mol. The molecule has 2 aliphatic rings. The highest BCUT2D eigenvalue weighted by atomic mass is 16.2. The highest BCUT2D eigenvalue weighted by Gasteiger charge is 2.41. The number of nitrogens with one attached hydrogen (secondary N) is 1. The summed E-state index contributed by atoms with van der Waals surface area (Å²) in [5, 5.41) is 2.97. The second kappa shape index (κ2) is 5.11. The number of nitrogens with zero attached hydrogens (tertiary/aromatic N) is 3. The number of hydrogen-bond donors (Lipinski definition) is 1. The van der Waals surface area contributed by atoms with E-state index in [9.17, 15) is 9.59 Å². The van der Waals surface area contributed by atoms with Crippen LogP contribution in [0.25, 0.3) is 0 Å². The normalized spacial score (nSPS) is 22.1. The van der Waals surface area contributed by atoms with E-state index in [0.29, 0.717) is 6.54 Å². The molecule has 0 radical (unpaired) electrons. The second-order valence-corrected chi connectivity index (χ2v) is 5.24. The standard InChI is InChI=1S/C14H18N4O2/c1-15-12-7-10(4-5-16-12)8-17-9-13(19)18-6-2-3-11(18)14(17)20/h4-5,7,11H,2-3,6,8-9H2,1H3,(H,15,16). The van der Waals surface area contributed by atoms with Crippen molar-refractivity contribution in [1.82, 2.24) is 14.8 Å². The molecule has 0 bridgehead atoms. The van der Waals surface area contributed by atoms with Gasteiger partial charge in [0.05, 0.1) is 0 Å². The number of carbonyl (C=O) groups excluding carboxylic acids is 2. The highest BCUT2D eigenvalue weighted by molar-refractivity contribution is 5.95. The molecular formula is C14H18N4O2. The van der Waals surface area contributed by atoms with Crippen molar-refractivity contribution >= 4 is 17.6 Å². The first kappa shape index (κ1) is 12.9. The van der Waals surface area contributed by atoms with Crippen LogP contribution in [0.2, 0.25) is 0 Å². The molecule has 1 N–H and O–H groups in total. The van der Waals surface area contributed by atoms with E-state index < -0.39 is 0 Å². The molecule has 0 aliphatic carbocycles. The summed E-state index contributed by atoms with van der Waals surface area (Å²) >= 11 is 0. The molecule has 2 amide bonds. The quantitative estimate of drug-likeness (QED) is 0.869. The summed E-state index contributed by atoms with van der Waals surface area (Å²) in [4.78, 5) is 32.0. The van der Waals surface area contributed by atoms with Crippen molar-refractivity contribution in [2.45, 2.75) is 25.4 Å². The summed E-state index contributed by atoms with van der Waals surface area (Å²) in [6, 6.07) is 3.54. The maximum Gasteiger partial charge on any atom is 0.246 e. The van der Waals surface area contributed by atoms with E-state index in [1.165, 1.54) is 0 Å². The molecule has 1 atom stereocenters. The third-order valence-electron chi connectivity index (χ3n) is 3.95. The van der Waals surface area contributed by atoms with Gasteiger partial charge >= 0.3 is 0 Å². The average molecular weight is 274 g/mol. The molecule has 0 aromatic carbocycles. The Hall–Kier alpha value is -2.11. The topological polar surface area (TPSA) is 65.5 Å². The van der Waals surface area contributed by atoms with Crippen LogP contribution < -0.4 is 5.32 Å². The molecule has 106 valence electrons. The Kier molecular flexibility index (Phi) is 3.30. The molecule has 6 heteroatoms. The Bertz CT molecular complexity index is 546. The summed E-state index contributed by atoms with van der Waals surface area (Å²) < 4.78 is 0. The lowest BCUT2D eigenvalue weighted by molar-refractivity contribution is -0.154. The van der Waals surface area contributed by atoms with Gasteiger partial charge in [-0.1, -0.05) is 0 Å². The Labute approximate surface area is 117 Å². The Balaban J connectivity index is 1.76. The van der Waals surface area contributed by atoms with Gasteiger partial charge in [0.25, 0.3) is 0 Å². The van der Waals surface area contributed by atoms with Crippen LogP contribution in [0.15, 0.2) is 18.3 Å². The number of fused-ring (bicyclic) bond motifs is 1. The minimum absolute atomic E-state index is 0.0648. The lowest BCUT2D eigenvalue weighted by Crippen LogP contribution is -2.56. The van der Waals surface area contributed by atoms with E-state index in [4.69, 9.17) is 0 Å². The van der Waals surface area contributed by atoms with Crippen molar-refractivity contribution in [3.05, 3.63) is 23.9 Å². The minimum Gasteiger partial charge on any atom is -0.373 e. The number of pyridine rings is 1. The van der Waals surface area contributed by atoms with Crippen LogP contribution in [-0.2, 0) is 16.1 Å². The summed E-state index contributed by atoms with van der Waals surface area (Å²) in [6.07, 6.45) is 3.42. The second-order valence-electron chi connectivity index (χ2n) is 5.24. The third kappa shape index (κ3) is 2.21. The predicted octanol–water partition coefficient (Wildman–Crippen LogP) is 0.456. The Morgan fingerprint density at radius 1 is 1.45 bits per heavy atom. The molecule has 1 unspecified atom stereocenters. The zero-order valence-electron chi connectivity index (χ0n) is 11.5. The van der Waals surface area contributed by atoms with Crippen molar-refractivity contribution in [3.8, 4) is 0 Å². The Morgan fingerprint density at radius 2 is 2.30 bits per heavy atom. The summed E-state index contributed by atoms with van der Waals surface area (Å²) in [6.45, 7) is 1.38. The first-order valence-corrected chi connectivity index (χ1v) is 6.90. The molecule has 0 saturated carbocycles. The Morgan fingerprint density at radius 3 is 3.10 bits per heavy atom. The van der Waals surface area contributed by atoms with Crippen LogP contribution in [0.4, 0.5) is 5.82 Å². The number of carbonyl (C=O) groups is 2. The van der Waals surface area contributed by atoms with Gasteiger partial charge in [0, 0.05) is 26.3 Å². The molecule has 2 fully saturated rings. The van der Waals surface area contributed by atoms with E-state index in [1.54, 1.807) is 23.0 Å². The van der Waals surface area contributed by atoms with Gasteiger partial charge < -0.3 is 15.1 Å². The largest absolute Gasteiger partial charge is 0.373 e. The van der Waals surface area contributed by atoms with E-state index in [2.05, 4.69) is 10.3 Å². The van der Waals surface area contributed by atoms with Gasteiger partial charge in [-0.25, -0.2) is 4.98 Å². The first-order valence-electron chi connectivity index (χ1n) is 6.90. The molecular weight excluding hydrogens is 256 g/mol. The van der Waals surface area contributed by atoms with Crippen molar-refractivity contribution in [2.24, 2.45) is 0 Å². The number of hydrogen-bond acceptors (Lipinski definition) is 4. The lowest BCUT2D eigenvalue weighted by Gasteiger charge is -2.36. The fraction of sp³-hybridized carbons (Fsp3) is 0.500. The van der Waals surface area contributed by atoms with Crippen LogP contribution in [-0.4, -0.2) is 52.8 Å². The van der Waals surface area contributed by atoms with Gasteiger partial charge in [-0.05, 0) is 30.5 Å². The molecule has 3 rings (SSSR count). The van der Waals surface area contributed by atoms with Gasteiger partial charge in [-0.3, -0.25) is 9.59 Å². The fourth-order valence-corrected chi connectivity index (χ4v) is 2.93. The number of rotatable bonds is 3. The fourth-order valence-electron chi connectivity index (χ4n) is 2.93. The molecule has 2 saturated heterocycles. The SMILES string of the molecule is CNc1cc(CN2CC(=O)N3CCCC3C2=O)ccn1. The van der Waals surface area contributed by atoms with Crippen LogP contribution in [0.5, 0.6) is 0 Å². The van der Waals surface area contributed by atoms with Crippen LogP contribution in [0, 0.1) is 0 Å². The van der Waals surface area contributed by atoms with E-state index in [-0.39, 0.29) is 24.4 Å². The predicted molar refractivity (Wildman–Crippen MR) is 73.9 cm³/mol.